The molecule has 0 atom stereocenters. The van der Waals surface area contributed by atoms with Gasteiger partial charge in [-0.1, -0.05) is 6.07 Å². The molecule has 0 spiro atoms. The fourth-order valence-electron chi connectivity index (χ4n) is 2.22. The summed E-state index contributed by atoms with van der Waals surface area (Å²) in [4.78, 5) is 19.1. The number of nitrogens with zero attached hydrogens (tertiary/aromatic N) is 1. The van der Waals surface area contributed by atoms with Crippen molar-refractivity contribution < 1.29 is 13.5 Å². The minimum absolute atomic E-state index is 0.203. The van der Waals surface area contributed by atoms with Crippen LogP contribution in [0.2, 0.25) is 0 Å². The van der Waals surface area contributed by atoms with Gasteiger partial charge in [-0.3, -0.25) is 4.79 Å². The lowest BCUT2D eigenvalue weighted by molar-refractivity contribution is 0.415. The first kappa shape index (κ1) is 14.2. The van der Waals surface area contributed by atoms with Crippen LogP contribution in [0.3, 0.4) is 0 Å². The molecule has 0 aliphatic heterocycles. The average molecular weight is 302 g/mol. The smallest absolute Gasteiger partial charge is 0.258 e. The molecule has 1 aromatic heterocycles. The van der Waals surface area contributed by atoms with Crippen molar-refractivity contribution in [2.75, 3.05) is 7.11 Å². The van der Waals surface area contributed by atoms with Crippen molar-refractivity contribution in [3.8, 4) is 5.75 Å². The number of hydrogen-bond donors (Lipinski definition) is 1. The Kier molecular flexibility index (Phi) is 3.58. The molecule has 0 fully saturated rings. The minimum atomic E-state index is -0.926. The fraction of sp³-hybridized carbons (Fsp3) is 0.125. The predicted molar refractivity (Wildman–Crippen MR) is 78.1 cm³/mol. The Hall–Kier alpha value is -2.76. The Morgan fingerprint density at radius 2 is 1.95 bits per heavy atom. The maximum absolute atomic E-state index is 13.2. The number of H-pyrrole nitrogens is 1. The van der Waals surface area contributed by atoms with E-state index >= 15 is 0 Å². The summed E-state index contributed by atoms with van der Waals surface area (Å²) in [7, 11) is 1.51. The number of methoxy groups -OCH3 is 1. The summed E-state index contributed by atoms with van der Waals surface area (Å²) < 4.78 is 31.2. The summed E-state index contributed by atoms with van der Waals surface area (Å²) in [5.41, 5.74) is 0.735. The van der Waals surface area contributed by atoms with Gasteiger partial charge >= 0.3 is 0 Å². The van der Waals surface area contributed by atoms with Crippen LogP contribution in [0.5, 0.6) is 5.75 Å². The molecule has 3 aromatic rings. The number of benzene rings is 2. The third kappa shape index (κ3) is 2.67. The fourth-order valence-corrected chi connectivity index (χ4v) is 2.22. The molecule has 112 valence electrons. The van der Waals surface area contributed by atoms with Crippen molar-refractivity contribution in [2.24, 2.45) is 0 Å². The topological polar surface area (TPSA) is 55.0 Å². The second-order valence-corrected chi connectivity index (χ2v) is 4.82. The molecule has 0 saturated carbocycles. The largest absolute Gasteiger partial charge is 0.497 e. The first-order valence-corrected chi connectivity index (χ1v) is 6.57. The number of hydrogen-bond acceptors (Lipinski definition) is 3. The number of aromatic amines is 1. The molecule has 3 rings (SSSR count). The van der Waals surface area contributed by atoms with Crippen LogP contribution in [-0.4, -0.2) is 17.1 Å². The molecule has 0 aliphatic rings. The summed E-state index contributed by atoms with van der Waals surface area (Å²) in [6.45, 7) is 0. The molecule has 4 nitrogen and oxygen atoms in total. The Morgan fingerprint density at radius 1 is 1.14 bits per heavy atom. The Labute approximate surface area is 124 Å². The van der Waals surface area contributed by atoms with Gasteiger partial charge in [-0.2, -0.15) is 0 Å². The van der Waals surface area contributed by atoms with Crippen molar-refractivity contribution in [1.29, 1.82) is 0 Å². The summed E-state index contributed by atoms with van der Waals surface area (Å²) in [6, 6.07) is 8.58. The molecule has 0 amide bonds. The van der Waals surface area contributed by atoms with Crippen molar-refractivity contribution in [1.82, 2.24) is 9.97 Å². The van der Waals surface area contributed by atoms with E-state index in [0.29, 0.717) is 28.0 Å². The number of rotatable bonds is 3. The molecule has 0 radical (unpaired) electrons. The van der Waals surface area contributed by atoms with Crippen LogP contribution < -0.4 is 10.3 Å². The van der Waals surface area contributed by atoms with Crippen LogP contribution in [0, 0.1) is 11.6 Å². The van der Waals surface area contributed by atoms with Crippen LogP contribution in [0.4, 0.5) is 8.78 Å². The monoisotopic (exact) mass is 302 g/mol. The van der Waals surface area contributed by atoms with Gasteiger partial charge < -0.3 is 9.72 Å². The summed E-state index contributed by atoms with van der Waals surface area (Å²) in [5, 5.41) is 0.411. The maximum atomic E-state index is 13.2. The normalized spacial score (nSPS) is 10.9. The van der Waals surface area contributed by atoms with E-state index in [1.54, 1.807) is 18.2 Å². The van der Waals surface area contributed by atoms with E-state index in [9.17, 15) is 13.6 Å². The summed E-state index contributed by atoms with van der Waals surface area (Å²) >= 11 is 0. The lowest BCUT2D eigenvalue weighted by Crippen LogP contribution is -2.12. The van der Waals surface area contributed by atoms with E-state index in [0.717, 1.165) is 12.1 Å². The highest BCUT2D eigenvalue weighted by atomic mass is 19.2. The van der Waals surface area contributed by atoms with Gasteiger partial charge in [0.05, 0.1) is 18.0 Å². The van der Waals surface area contributed by atoms with Crippen molar-refractivity contribution in [2.45, 2.75) is 6.42 Å². The SMILES string of the molecule is COc1ccc2nc(Cc3ccc(F)c(F)c3)[nH]c(=O)c2c1. The molecule has 2 aromatic carbocycles. The summed E-state index contributed by atoms with van der Waals surface area (Å²) in [5.74, 6) is -0.886. The zero-order valence-corrected chi connectivity index (χ0v) is 11.7. The van der Waals surface area contributed by atoms with Gasteiger partial charge in [-0.25, -0.2) is 13.8 Å². The third-order valence-electron chi connectivity index (χ3n) is 3.32. The second kappa shape index (κ2) is 5.55. The lowest BCUT2D eigenvalue weighted by atomic mass is 10.1. The molecule has 22 heavy (non-hydrogen) atoms. The highest BCUT2D eigenvalue weighted by molar-refractivity contribution is 5.79. The zero-order chi connectivity index (χ0) is 15.7. The highest BCUT2D eigenvalue weighted by Crippen LogP contribution is 2.17. The molecular formula is C16H12F2N2O2. The average Bonchev–Trinajstić information content (AvgIpc) is 2.51. The number of aromatic nitrogens is 2. The van der Waals surface area contributed by atoms with Crippen LogP contribution >= 0.6 is 0 Å². The van der Waals surface area contributed by atoms with Crippen LogP contribution in [-0.2, 0) is 6.42 Å². The van der Waals surface area contributed by atoms with Crippen molar-refractivity contribution in [3.05, 3.63) is 69.8 Å². The Bertz CT molecular complexity index is 906. The summed E-state index contributed by atoms with van der Waals surface area (Å²) in [6.07, 6.45) is 0.203. The lowest BCUT2D eigenvalue weighted by Gasteiger charge is -2.05. The van der Waals surface area contributed by atoms with Gasteiger partial charge in [-0.05, 0) is 35.9 Å². The first-order chi connectivity index (χ1) is 10.6. The van der Waals surface area contributed by atoms with E-state index in [4.69, 9.17) is 4.74 Å². The van der Waals surface area contributed by atoms with Gasteiger partial charge in [0, 0.05) is 6.42 Å². The molecular weight excluding hydrogens is 290 g/mol. The molecule has 6 heteroatoms. The van der Waals surface area contributed by atoms with Crippen LogP contribution in [0.1, 0.15) is 11.4 Å². The predicted octanol–water partition coefficient (Wildman–Crippen LogP) is 2.80. The number of fused-ring (bicyclic) bond motifs is 1. The van der Waals surface area contributed by atoms with Gasteiger partial charge in [0.25, 0.3) is 5.56 Å². The van der Waals surface area contributed by atoms with E-state index in [1.165, 1.54) is 13.2 Å². The first-order valence-electron chi connectivity index (χ1n) is 6.57. The quantitative estimate of drug-likeness (QED) is 0.809. The van der Waals surface area contributed by atoms with Gasteiger partial charge in [0.1, 0.15) is 11.6 Å². The second-order valence-electron chi connectivity index (χ2n) is 4.82. The number of nitrogens with one attached hydrogen (secondary N) is 1. The van der Waals surface area contributed by atoms with Gasteiger partial charge in [0.15, 0.2) is 11.6 Å². The van der Waals surface area contributed by atoms with Crippen LogP contribution in [0.15, 0.2) is 41.2 Å². The van der Waals surface area contributed by atoms with Gasteiger partial charge in [0.2, 0.25) is 0 Å². The molecule has 0 bridgehead atoms. The standard InChI is InChI=1S/C16H12F2N2O2/c1-22-10-3-5-14-11(8-10)16(21)20-15(19-14)7-9-2-4-12(17)13(18)6-9/h2-6,8H,7H2,1H3,(H,19,20,21). The molecule has 1 heterocycles. The maximum Gasteiger partial charge on any atom is 0.258 e. The van der Waals surface area contributed by atoms with Crippen molar-refractivity contribution in [3.63, 3.8) is 0 Å². The molecule has 0 unspecified atom stereocenters. The van der Waals surface area contributed by atoms with Gasteiger partial charge in [-0.15, -0.1) is 0 Å². The third-order valence-corrected chi connectivity index (χ3v) is 3.32. The number of halogens is 2. The molecule has 0 aliphatic carbocycles. The van der Waals surface area contributed by atoms with E-state index in [2.05, 4.69) is 9.97 Å². The van der Waals surface area contributed by atoms with E-state index < -0.39 is 11.6 Å². The Morgan fingerprint density at radius 3 is 2.68 bits per heavy atom. The molecule has 0 saturated heterocycles. The van der Waals surface area contributed by atoms with Crippen LogP contribution in [0.25, 0.3) is 10.9 Å². The van der Waals surface area contributed by atoms with E-state index in [1.807, 2.05) is 0 Å². The molecule has 1 N–H and O–H groups in total. The Balaban J connectivity index is 2.01. The van der Waals surface area contributed by atoms with Crippen molar-refractivity contribution >= 4 is 10.9 Å². The zero-order valence-electron chi connectivity index (χ0n) is 11.7. The number of ether oxygens (including phenoxy) is 1. The highest BCUT2D eigenvalue weighted by Gasteiger charge is 2.08. The minimum Gasteiger partial charge on any atom is -0.497 e. The van der Waals surface area contributed by atoms with E-state index in [-0.39, 0.29) is 12.0 Å².